The third-order valence-electron chi connectivity index (χ3n) is 5.68. The number of hydrogen-bond donors (Lipinski definition) is 2. The number of benzene rings is 1. The molecule has 0 radical (unpaired) electrons. The molecule has 1 heterocycles. The molecule has 27 heavy (non-hydrogen) atoms. The van der Waals surface area contributed by atoms with Crippen molar-refractivity contribution in [2.45, 2.75) is 57.5 Å². The molecule has 0 bridgehead atoms. The molecule has 1 aromatic carbocycles. The molecule has 3 atom stereocenters. The minimum absolute atomic E-state index is 0.0253. The summed E-state index contributed by atoms with van der Waals surface area (Å²) in [4.78, 5) is 26.3. The molecule has 1 saturated heterocycles. The van der Waals surface area contributed by atoms with Crippen LogP contribution in [0.25, 0.3) is 6.08 Å². The fourth-order valence-corrected chi connectivity index (χ4v) is 4.07. The van der Waals surface area contributed by atoms with Crippen LogP contribution >= 0.6 is 0 Å². The molecule has 5 nitrogen and oxygen atoms in total. The predicted molar refractivity (Wildman–Crippen MR) is 106 cm³/mol. The van der Waals surface area contributed by atoms with Crippen LogP contribution in [0.5, 0.6) is 0 Å². The van der Waals surface area contributed by atoms with Gasteiger partial charge in [-0.1, -0.05) is 43.3 Å². The highest BCUT2D eigenvalue weighted by atomic mass is 16.3. The van der Waals surface area contributed by atoms with Gasteiger partial charge in [0.25, 0.3) is 0 Å². The van der Waals surface area contributed by atoms with E-state index in [1.165, 1.54) is 0 Å². The lowest BCUT2D eigenvalue weighted by Gasteiger charge is -2.55. The molecule has 0 aromatic heterocycles. The molecular weight excluding hydrogens is 340 g/mol. The van der Waals surface area contributed by atoms with Crippen molar-refractivity contribution in [1.82, 2.24) is 10.2 Å². The SMILES string of the molecule is C/C=C/c1ccc([C@H]2[C@@H](CNC(=O)CC3CC3)N(C(=O)CC)[C@H]2CO)cc1. The first-order valence-electron chi connectivity index (χ1n) is 10.00. The van der Waals surface area contributed by atoms with E-state index in [0.29, 0.717) is 25.3 Å². The molecular formula is C22H30N2O3. The molecule has 0 spiro atoms. The molecule has 0 unspecified atom stereocenters. The Kier molecular flexibility index (Phi) is 6.32. The van der Waals surface area contributed by atoms with Gasteiger partial charge in [-0.15, -0.1) is 0 Å². The number of allylic oxidation sites excluding steroid dienone is 1. The number of carbonyl (C=O) groups excluding carboxylic acids is 2. The lowest BCUT2D eigenvalue weighted by atomic mass is 9.74. The van der Waals surface area contributed by atoms with Gasteiger partial charge in [-0.2, -0.15) is 0 Å². The van der Waals surface area contributed by atoms with E-state index >= 15 is 0 Å². The molecule has 2 fully saturated rings. The summed E-state index contributed by atoms with van der Waals surface area (Å²) in [6.45, 7) is 4.18. The van der Waals surface area contributed by atoms with Crippen LogP contribution in [0.3, 0.4) is 0 Å². The Morgan fingerprint density at radius 1 is 1.22 bits per heavy atom. The van der Waals surface area contributed by atoms with Gasteiger partial charge >= 0.3 is 0 Å². The monoisotopic (exact) mass is 370 g/mol. The maximum absolute atomic E-state index is 12.4. The average Bonchev–Trinajstić information content (AvgIpc) is 3.46. The second-order valence-electron chi connectivity index (χ2n) is 7.62. The number of carbonyl (C=O) groups is 2. The van der Waals surface area contributed by atoms with Crippen LogP contribution in [0, 0.1) is 5.92 Å². The second-order valence-corrected chi connectivity index (χ2v) is 7.62. The van der Waals surface area contributed by atoms with E-state index in [-0.39, 0.29) is 36.4 Å². The Labute approximate surface area is 161 Å². The van der Waals surface area contributed by atoms with Gasteiger partial charge in [-0.3, -0.25) is 9.59 Å². The smallest absolute Gasteiger partial charge is 0.222 e. The van der Waals surface area contributed by atoms with E-state index in [0.717, 1.165) is 24.0 Å². The van der Waals surface area contributed by atoms with Gasteiger partial charge in [0.15, 0.2) is 0 Å². The number of aliphatic hydroxyl groups excluding tert-OH is 1. The normalized spacial score (nSPS) is 24.7. The molecule has 5 heteroatoms. The Hall–Kier alpha value is -2.14. The van der Waals surface area contributed by atoms with E-state index in [4.69, 9.17) is 0 Å². The van der Waals surface area contributed by atoms with Crippen LogP contribution in [0.15, 0.2) is 30.3 Å². The predicted octanol–water partition coefficient (Wildman–Crippen LogP) is 2.70. The summed E-state index contributed by atoms with van der Waals surface area (Å²) in [6, 6.07) is 7.90. The van der Waals surface area contributed by atoms with Gasteiger partial charge in [0.2, 0.25) is 11.8 Å². The lowest BCUT2D eigenvalue weighted by Crippen LogP contribution is -2.68. The zero-order chi connectivity index (χ0) is 19.4. The number of hydrogen-bond acceptors (Lipinski definition) is 3. The molecule has 2 amide bonds. The summed E-state index contributed by atoms with van der Waals surface area (Å²) in [5.41, 5.74) is 2.22. The maximum Gasteiger partial charge on any atom is 0.222 e. The number of nitrogens with one attached hydrogen (secondary N) is 1. The standard InChI is InChI=1S/C22H30N2O3/c1-3-5-15-8-10-17(11-9-15)22-18(13-23-20(26)12-16-6-7-16)24(19(22)14-25)21(27)4-2/h3,5,8-11,16,18-19,22,25H,4,6-7,12-14H2,1-2H3,(H,23,26)/b5-3+/t18-,19+,22+/m1/s1. The van der Waals surface area contributed by atoms with Crippen LogP contribution < -0.4 is 5.32 Å². The number of nitrogens with zero attached hydrogens (tertiary/aromatic N) is 1. The quantitative estimate of drug-likeness (QED) is 0.739. The molecule has 1 aliphatic heterocycles. The first kappa shape index (κ1) is 19.6. The van der Waals surface area contributed by atoms with Crippen molar-refractivity contribution in [1.29, 1.82) is 0 Å². The fraction of sp³-hybridized carbons (Fsp3) is 0.545. The maximum atomic E-state index is 12.4. The molecule has 2 N–H and O–H groups in total. The van der Waals surface area contributed by atoms with Gasteiger partial charge in [-0.05, 0) is 36.8 Å². The summed E-state index contributed by atoms with van der Waals surface area (Å²) in [5.74, 6) is 0.666. The van der Waals surface area contributed by atoms with Crippen LogP contribution in [-0.4, -0.2) is 47.1 Å². The summed E-state index contributed by atoms with van der Waals surface area (Å²) in [6.07, 6.45) is 7.30. The van der Waals surface area contributed by atoms with Gasteiger partial charge in [0.05, 0.1) is 18.7 Å². The van der Waals surface area contributed by atoms with Crippen molar-refractivity contribution >= 4 is 17.9 Å². The number of likely N-dealkylation sites (tertiary alicyclic amines) is 1. The van der Waals surface area contributed by atoms with Crippen LogP contribution in [0.4, 0.5) is 0 Å². The Morgan fingerprint density at radius 3 is 2.48 bits per heavy atom. The van der Waals surface area contributed by atoms with Crippen molar-refractivity contribution in [2.24, 2.45) is 5.92 Å². The first-order chi connectivity index (χ1) is 13.1. The molecule has 3 rings (SSSR count). The number of amides is 2. The summed E-state index contributed by atoms with van der Waals surface area (Å²) in [7, 11) is 0. The lowest BCUT2D eigenvalue weighted by molar-refractivity contribution is -0.150. The molecule has 146 valence electrons. The average molecular weight is 370 g/mol. The van der Waals surface area contributed by atoms with Crippen molar-refractivity contribution < 1.29 is 14.7 Å². The molecule has 1 aliphatic carbocycles. The van der Waals surface area contributed by atoms with Crippen LogP contribution in [-0.2, 0) is 9.59 Å². The zero-order valence-corrected chi connectivity index (χ0v) is 16.2. The highest BCUT2D eigenvalue weighted by Gasteiger charge is 2.50. The molecule has 2 aliphatic rings. The zero-order valence-electron chi connectivity index (χ0n) is 16.2. The second kappa shape index (κ2) is 8.70. The summed E-state index contributed by atoms with van der Waals surface area (Å²) < 4.78 is 0. The Morgan fingerprint density at radius 2 is 1.93 bits per heavy atom. The van der Waals surface area contributed by atoms with Crippen molar-refractivity contribution in [2.75, 3.05) is 13.2 Å². The van der Waals surface area contributed by atoms with E-state index < -0.39 is 0 Å². The third-order valence-corrected chi connectivity index (χ3v) is 5.68. The Balaban J connectivity index is 1.74. The van der Waals surface area contributed by atoms with Crippen LogP contribution in [0.2, 0.25) is 0 Å². The van der Waals surface area contributed by atoms with Gasteiger partial charge in [0.1, 0.15) is 0 Å². The van der Waals surface area contributed by atoms with Crippen molar-refractivity contribution in [3.05, 3.63) is 41.5 Å². The van der Waals surface area contributed by atoms with E-state index in [2.05, 4.69) is 29.6 Å². The van der Waals surface area contributed by atoms with Gasteiger partial charge in [-0.25, -0.2) is 0 Å². The van der Waals surface area contributed by atoms with E-state index in [1.54, 1.807) is 4.90 Å². The molecule has 1 saturated carbocycles. The largest absolute Gasteiger partial charge is 0.394 e. The minimum Gasteiger partial charge on any atom is -0.394 e. The fourth-order valence-electron chi connectivity index (χ4n) is 4.07. The van der Waals surface area contributed by atoms with E-state index in [9.17, 15) is 14.7 Å². The Bertz CT molecular complexity index is 694. The summed E-state index contributed by atoms with van der Waals surface area (Å²) >= 11 is 0. The van der Waals surface area contributed by atoms with Crippen molar-refractivity contribution in [3.63, 3.8) is 0 Å². The minimum atomic E-state index is -0.227. The first-order valence-corrected chi connectivity index (χ1v) is 10.00. The topological polar surface area (TPSA) is 69.6 Å². The van der Waals surface area contributed by atoms with E-state index in [1.807, 2.05) is 26.0 Å². The van der Waals surface area contributed by atoms with Gasteiger partial charge in [0, 0.05) is 25.3 Å². The van der Waals surface area contributed by atoms with Crippen LogP contribution in [0.1, 0.15) is 56.6 Å². The highest BCUT2D eigenvalue weighted by molar-refractivity contribution is 5.79. The number of aliphatic hydroxyl groups is 1. The molecule has 1 aromatic rings. The third kappa shape index (κ3) is 4.41. The number of rotatable bonds is 8. The summed E-state index contributed by atoms with van der Waals surface area (Å²) in [5, 5.41) is 12.9. The van der Waals surface area contributed by atoms with Crippen molar-refractivity contribution in [3.8, 4) is 0 Å². The highest BCUT2D eigenvalue weighted by Crippen LogP contribution is 2.41. The van der Waals surface area contributed by atoms with Gasteiger partial charge < -0.3 is 15.3 Å².